The van der Waals surface area contributed by atoms with Crippen LogP contribution < -0.4 is 10.2 Å². The predicted octanol–water partition coefficient (Wildman–Crippen LogP) is 2.80. The van der Waals surface area contributed by atoms with Gasteiger partial charge in [-0.15, -0.1) is 0 Å². The van der Waals surface area contributed by atoms with Gasteiger partial charge in [-0.1, -0.05) is 48.5 Å². The fourth-order valence-corrected chi connectivity index (χ4v) is 3.37. The van der Waals surface area contributed by atoms with Crippen molar-refractivity contribution in [2.45, 2.75) is 19.9 Å². The Morgan fingerprint density at radius 1 is 1.07 bits per heavy atom. The average molecular weight is 378 g/mol. The second-order valence-corrected chi connectivity index (χ2v) is 6.52. The van der Waals surface area contributed by atoms with E-state index in [2.05, 4.69) is 5.32 Å². The second-order valence-electron chi connectivity index (χ2n) is 6.52. The fourth-order valence-electron chi connectivity index (χ4n) is 3.37. The van der Waals surface area contributed by atoms with Crippen molar-refractivity contribution in [1.29, 1.82) is 0 Å². The Hall–Kier alpha value is -3.41. The molecule has 0 aliphatic carbocycles. The zero-order valence-corrected chi connectivity index (χ0v) is 15.8. The van der Waals surface area contributed by atoms with Crippen molar-refractivity contribution in [2.75, 3.05) is 12.0 Å². The lowest BCUT2D eigenvalue weighted by atomic mass is 9.88. The van der Waals surface area contributed by atoms with Gasteiger partial charge < -0.3 is 10.1 Å². The number of para-hydroxylation sites is 1. The highest BCUT2D eigenvalue weighted by atomic mass is 16.5. The maximum absolute atomic E-state index is 12.8. The van der Waals surface area contributed by atoms with Crippen molar-refractivity contribution in [3.8, 4) is 0 Å². The van der Waals surface area contributed by atoms with E-state index in [1.165, 1.54) is 12.0 Å². The zero-order valence-electron chi connectivity index (χ0n) is 15.8. The third-order valence-corrected chi connectivity index (χ3v) is 4.75. The SMILES string of the molecule is COC(=O)C1=C(C)N(c2ccccc2)C(=O)CC1C(=O)NCc1ccccc1. The summed E-state index contributed by atoms with van der Waals surface area (Å²) in [6.07, 6.45) is -0.0999. The summed E-state index contributed by atoms with van der Waals surface area (Å²) in [5.74, 6) is -2.10. The van der Waals surface area contributed by atoms with E-state index in [0.29, 0.717) is 17.9 Å². The molecule has 2 aromatic rings. The maximum atomic E-state index is 12.8. The van der Waals surface area contributed by atoms with Gasteiger partial charge in [-0.2, -0.15) is 0 Å². The highest BCUT2D eigenvalue weighted by Gasteiger charge is 2.40. The van der Waals surface area contributed by atoms with Gasteiger partial charge in [-0.3, -0.25) is 14.5 Å². The molecule has 0 spiro atoms. The van der Waals surface area contributed by atoms with Crippen LogP contribution in [-0.2, 0) is 25.7 Å². The molecule has 6 heteroatoms. The highest BCUT2D eigenvalue weighted by molar-refractivity contribution is 6.08. The van der Waals surface area contributed by atoms with E-state index in [-0.39, 0.29) is 23.8 Å². The number of carbonyl (C=O) groups is 3. The molecule has 3 rings (SSSR count). The number of methoxy groups -OCH3 is 1. The summed E-state index contributed by atoms with van der Waals surface area (Å²) in [4.78, 5) is 39.5. The number of hydrogen-bond acceptors (Lipinski definition) is 4. The summed E-state index contributed by atoms with van der Waals surface area (Å²) in [7, 11) is 1.27. The van der Waals surface area contributed by atoms with Crippen LogP contribution in [0.15, 0.2) is 71.9 Å². The Bertz CT molecular complexity index is 907. The second kappa shape index (κ2) is 8.52. The lowest BCUT2D eigenvalue weighted by Gasteiger charge is -2.33. The first kappa shape index (κ1) is 19.4. The Balaban J connectivity index is 1.90. The molecule has 0 radical (unpaired) electrons. The molecule has 1 aliphatic rings. The smallest absolute Gasteiger partial charge is 0.336 e. The standard InChI is InChI=1S/C22H22N2O4/c1-15-20(22(27)28-2)18(21(26)23-14-16-9-5-3-6-10-16)13-19(25)24(15)17-11-7-4-8-12-17/h3-12,18H,13-14H2,1-2H3,(H,23,26). The van der Waals surface area contributed by atoms with Gasteiger partial charge in [0.2, 0.25) is 11.8 Å². The number of rotatable bonds is 5. The fraction of sp³-hybridized carbons (Fsp3) is 0.227. The van der Waals surface area contributed by atoms with Gasteiger partial charge >= 0.3 is 5.97 Å². The van der Waals surface area contributed by atoms with Crippen LogP contribution in [0.5, 0.6) is 0 Å². The minimum atomic E-state index is -0.886. The van der Waals surface area contributed by atoms with Crippen molar-refractivity contribution >= 4 is 23.5 Å². The van der Waals surface area contributed by atoms with E-state index >= 15 is 0 Å². The van der Waals surface area contributed by atoms with Gasteiger partial charge in [0.25, 0.3) is 0 Å². The van der Waals surface area contributed by atoms with Crippen LogP contribution in [0.4, 0.5) is 5.69 Å². The summed E-state index contributed by atoms with van der Waals surface area (Å²) >= 11 is 0. The molecule has 1 heterocycles. The Kier molecular flexibility index (Phi) is 5.89. The van der Waals surface area contributed by atoms with E-state index in [4.69, 9.17) is 4.74 Å². The molecule has 0 fully saturated rings. The Morgan fingerprint density at radius 2 is 1.68 bits per heavy atom. The number of allylic oxidation sites excluding steroid dienone is 1. The number of ether oxygens (including phenoxy) is 1. The van der Waals surface area contributed by atoms with Crippen molar-refractivity contribution in [1.82, 2.24) is 5.32 Å². The van der Waals surface area contributed by atoms with E-state index in [1.54, 1.807) is 19.1 Å². The summed E-state index contributed by atoms with van der Waals surface area (Å²) in [6.45, 7) is 1.98. The molecule has 2 aromatic carbocycles. The van der Waals surface area contributed by atoms with E-state index in [0.717, 1.165) is 5.56 Å². The van der Waals surface area contributed by atoms with Gasteiger partial charge in [0.1, 0.15) is 0 Å². The third kappa shape index (κ3) is 3.96. The minimum absolute atomic E-state index is 0.0999. The minimum Gasteiger partial charge on any atom is -0.466 e. The lowest BCUT2D eigenvalue weighted by Crippen LogP contribution is -2.44. The molecule has 0 saturated heterocycles. The topological polar surface area (TPSA) is 75.7 Å². The van der Waals surface area contributed by atoms with Crippen molar-refractivity contribution < 1.29 is 19.1 Å². The highest BCUT2D eigenvalue weighted by Crippen LogP contribution is 2.33. The van der Waals surface area contributed by atoms with Crippen molar-refractivity contribution in [3.05, 3.63) is 77.5 Å². The molecule has 0 bridgehead atoms. The van der Waals surface area contributed by atoms with Crippen LogP contribution in [0, 0.1) is 5.92 Å². The van der Waals surface area contributed by atoms with Crippen LogP contribution in [-0.4, -0.2) is 24.9 Å². The van der Waals surface area contributed by atoms with Crippen molar-refractivity contribution in [2.24, 2.45) is 5.92 Å². The molecule has 1 N–H and O–H groups in total. The van der Waals surface area contributed by atoms with Gasteiger partial charge in [0.15, 0.2) is 0 Å². The van der Waals surface area contributed by atoms with E-state index in [9.17, 15) is 14.4 Å². The summed E-state index contributed by atoms with van der Waals surface area (Å²) in [6, 6.07) is 18.5. The summed E-state index contributed by atoms with van der Waals surface area (Å²) in [5, 5.41) is 2.82. The number of anilines is 1. The molecule has 0 aromatic heterocycles. The molecule has 1 atom stereocenters. The Labute approximate surface area is 163 Å². The Morgan fingerprint density at radius 3 is 2.29 bits per heavy atom. The predicted molar refractivity (Wildman–Crippen MR) is 105 cm³/mol. The number of nitrogens with one attached hydrogen (secondary N) is 1. The van der Waals surface area contributed by atoms with E-state index in [1.807, 2.05) is 48.5 Å². The number of hydrogen-bond donors (Lipinski definition) is 1. The van der Waals surface area contributed by atoms with Gasteiger partial charge in [-0.25, -0.2) is 4.79 Å². The monoisotopic (exact) mass is 378 g/mol. The number of amides is 2. The first-order valence-corrected chi connectivity index (χ1v) is 9.01. The largest absolute Gasteiger partial charge is 0.466 e. The number of carbonyl (C=O) groups excluding carboxylic acids is 3. The quantitative estimate of drug-likeness (QED) is 0.812. The molecule has 28 heavy (non-hydrogen) atoms. The molecule has 144 valence electrons. The first-order valence-electron chi connectivity index (χ1n) is 9.01. The lowest BCUT2D eigenvalue weighted by molar-refractivity contribution is -0.139. The maximum Gasteiger partial charge on any atom is 0.336 e. The molecule has 6 nitrogen and oxygen atoms in total. The van der Waals surface area contributed by atoms with Crippen LogP contribution in [0.1, 0.15) is 18.9 Å². The summed E-state index contributed by atoms with van der Waals surface area (Å²) in [5.41, 5.74) is 2.20. The molecule has 1 aliphatic heterocycles. The van der Waals surface area contributed by atoms with Crippen LogP contribution in [0.2, 0.25) is 0 Å². The first-order chi connectivity index (χ1) is 13.5. The molecular weight excluding hydrogens is 356 g/mol. The third-order valence-electron chi connectivity index (χ3n) is 4.75. The molecule has 2 amide bonds. The number of esters is 1. The van der Waals surface area contributed by atoms with Crippen LogP contribution in [0.25, 0.3) is 0 Å². The average Bonchev–Trinajstić information content (AvgIpc) is 2.72. The number of nitrogens with zero attached hydrogens (tertiary/aromatic N) is 1. The number of benzene rings is 2. The van der Waals surface area contributed by atoms with Gasteiger partial charge in [0.05, 0.1) is 18.6 Å². The molecule has 1 unspecified atom stereocenters. The summed E-state index contributed by atoms with van der Waals surface area (Å²) < 4.78 is 4.91. The van der Waals surface area contributed by atoms with E-state index < -0.39 is 11.9 Å². The van der Waals surface area contributed by atoms with Crippen LogP contribution >= 0.6 is 0 Å². The molecular formula is C22H22N2O4. The zero-order chi connectivity index (χ0) is 20.1. The normalized spacial score (nSPS) is 16.7. The molecule has 0 saturated carbocycles. The van der Waals surface area contributed by atoms with Gasteiger partial charge in [-0.05, 0) is 24.6 Å². The van der Waals surface area contributed by atoms with Gasteiger partial charge in [0, 0.05) is 24.4 Å². The van der Waals surface area contributed by atoms with Crippen LogP contribution in [0.3, 0.4) is 0 Å². The van der Waals surface area contributed by atoms with Crippen molar-refractivity contribution in [3.63, 3.8) is 0 Å².